The van der Waals surface area contributed by atoms with Gasteiger partial charge in [0.1, 0.15) is 17.3 Å². The molecule has 9 nitrogen and oxygen atoms in total. The molecule has 2 saturated carbocycles. The molecular weight excluding hydrogens is 414 g/mol. The Morgan fingerprint density at radius 3 is 2.44 bits per heavy atom. The van der Waals surface area contributed by atoms with E-state index in [1.54, 1.807) is 18.2 Å². The average molecular weight is 433 g/mol. The Hall–Kier alpha value is -3.75. The number of hydrogen-bond donors (Lipinski definition) is 0. The van der Waals surface area contributed by atoms with Gasteiger partial charge in [-0.2, -0.15) is 10.1 Å². The van der Waals surface area contributed by atoms with Gasteiger partial charge in [0, 0.05) is 6.07 Å². The quantitative estimate of drug-likeness (QED) is 0.235. The first-order valence-corrected chi connectivity index (χ1v) is 10.5. The zero-order valence-corrected chi connectivity index (χ0v) is 17.1. The second-order valence-corrected chi connectivity index (χ2v) is 8.73. The Morgan fingerprint density at radius 2 is 1.81 bits per heavy atom. The Labute approximate surface area is 182 Å². The van der Waals surface area contributed by atoms with Gasteiger partial charge in [-0.15, -0.1) is 0 Å². The van der Waals surface area contributed by atoms with Crippen LogP contribution < -0.4 is 4.74 Å². The average Bonchev–Trinajstić information content (AvgIpc) is 3.44. The first-order chi connectivity index (χ1) is 15.5. The number of hydrogen-bond acceptors (Lipinski definition) is 7. The van der Waals surface area contributed by atoms with Gasteiger partial charge in [0.25, 0.3) is 17.5 Å². The summed E-state index contributed by atoms with van der Waals surface area (Å²) in [7, 11) is 1.42. The second kappa shape index (κ2) is 6.62. The molecule has 0 radical (unpaired) electrons. The standard InChI is InChI=1S/C23H19N3O6/c1-31-19-8-11(26(29)30)2-4-15(19)18-7-3-12(32-18)10-24-25-22(27)20-13-5-6-14(17-9-16(13)17)21(20)23(25)28/h2-8,10,13-14,16-17,20-21H,9H2,1H3/b24-10-/t13-,14-,16-,17+,20-,21+/m1/s1. The van der Waals surface area contributed by atoms with Gasteiger partial charge in [0.2, 0.25) is 0 Å². The van der Waals surface area contributed by atoms with Gasteiger partial charge in [-0.1, -0.05) is 12.2 Å². The summed E-state index contributed by atoms with van der Waals surface area (Å²) in [4.78, 5) is 36.4. The lowest BCUT2D eigenvalue weighted by molar-refractivity contribution is -0.384. The van der Waals surface area contributed by atoms with Gasteiger partial charge >= 0.3 is 0 Å². The normalized spacial score (nSPS) is 31.8. The van der Waals surface area contributed by atoms with E-state index in [9.17, 15) is 19.7 Å². The van der Waals surface area contributed by atoms with Crippen LogP contribution in [0.4, 0.5) is 5.69 Å². The van der Waals surface area contributed by atoms with E-state index in [1.807, 2.05) is 0 Å². The lowest BCUT2D eigenvalue weighted by Crippen LogP contribution is -2.40. The number of methoxy groups -OCH3 is 1. The van der Waals surface area contributed by atoms with E-state index in [2.05, 4.69) is 17.3 Å². The van der Waals surface area contributed by atoms with Crippen LogP contribution >= 0.6 is 0 Å². The number of benzene rings is 1. The van der Waals surface area contributed by atoms with Crippen LogP contribution in [0.3, 0.4) is 0 Å². The number of nitro benzene ring substituents is 1. The van der Waals surface area contributed by atoms with Crippen LogP contribution in [0, 0.1) is 45.6 Å². The molecular formula is C23H19N3O6. The van der Waals surface area contributed by atoms with E-state index in [4.69, 9.17) is 9.15 Å². The molecule has 0 spiro atoms. The SMILES string of the molecule is COc1cc([N+](=O)[O-])ccc1-c1ccc(/C=N\N2C(=O)[C@@H]3[C@@H]4C=C[C@H]([C@@H]5C[C@H]45)[C@@H]3C2=O)o1. The molecule has 0 N–H and O–H groups in total. The number of rotatable bonds is 5. The zero-order valence-electron chi connectivity index (χ0n) is 17.1. The molecule has 9 heteroatoms. The number of hydrazone groups is 1. The van der Waals surface area contributed by atoms with Crippen LogP contribution in [0.5, 0.6) is 5.75 Å². The van der Waals surface area contributed by atoms with Crippen LogP contribution in [0.25, 0.3) is 11.3 Å². The van der Waals surface area contributed by atoms with Gasteiger partial charge < -0.3 is 9.15 Å². The number of nitrogens with zero attached hydrogens (tertiary/aromatic N) is 3. The number of carbonyl (C=O) groups is 2. The maximum atomic E-state index is 13.0. The van der Waals surface area contributed by atoms with Crippen molar-refractivity contribution in [2.24, 2.45) is 40.6 Å². The summed E-state index contributed by atoms with van der Waals surface area (Å²) in [5, 5.41) is 16.2. The van der Waals surface area contributed by atoms with Crippen LogP contribution in [0.15, 0.2) is 52.0 Å². The van der Waals surface area contributed by atoms with Crippen molar-refractivity contribution in [3.8, 4) is 17.1 Å². The molecule has 2 bridgehead atoms. The van der Waals surface area contributed by atoms with Crippen LogP contribution in [0.2, 0.25) is 0 Å². The molecule has 6 atom stereocenters. The Bertz CT molecular complexity index is 1190. The highest BCUT2D eigenvalue weighted by Gasteiger charge is 2.67. The van der Waals surface area contributed by atoms with Crippen LogP contribution in [0.1, 0.15) is 12.2 Å². The van der Waals surface area contributed by atoms with Crippen LogP contribution in [-0.4, -0.2) is 35.1 Å². The molecule has 5 aliphatic rings. The number of carbonyl (C=O) groups excluding carboxylic acids is 2. The number of non-ortho nitro benzene ring substituents is 1. The molecule has 1 saturated heterocycles. The third-order valence-corrected chi connectivity index (χ3v) is 7.23. The van der Waals surface area contributed by atoms with Gasteiger partial charge in [-0.05, 0) is 48.3 Å². The van der Waals surface area contributed by atoms with Gasteiger partial charge in [-0.25, -0.2) is 0 Å². The smallest absolute Gasteiger partial charge is 0.273 e. The Kier molecular flexibility index (Phi) is 3.93. The summed E-state index contributed by atoms with van der Waals surface area (Å²) < 4.78 is 11.0. The molecule has 1 aromatic heterocycles. The number of allylic oxidation sites excluding steroid dienone is 2. The van der Waals surface area contributed by atoms with E-state index in [0.717, 1.165) is 11.4 Å². The molecule has 7 rings (SSSR count). The minimum absolute atomic E-state index is 0.0902. The monoisotopic (exact) mass is 433 g/mol. The topological polar surface area (TPSA) is 115 Å². The van der Waals surface area contributed by atoms with Crippen molar-refractivity contribution in [3.05, 3.63) is 58.4 Å². The van der Waals surface area contributed by atoms with Crippen LogP contribution in [-0.2, 0) is 9.59 Å². The van der Waals surface area contributed by atoms with E-state index in [-0.39, 0.29) is 41.2 Å². The lowest BCUT2D eigenvalue weighted by Gasteiger charge is -2.37. The molecule has 4 aliphatic carbocycles. The first-order valence-electron chi connectivity index (χ1n) is 10.5. The van der Waals surface area contributed by atoms with E-state index < -0.39 is 4.92 Å². The third kappa shape index (κ3) is 2.60. The number of amides is 2. The summed E-state index contributed by atoms with van der Waals surface area (Å²) >= 11 is 0. The summed E-state index contributed by atoms with van der Waals surface area (Å²) in [6.45, 7) is 0. The highest BCUT2D eigenvalue weighted by atomic mass is 16.6. The fourth-order valence-corrected chi connectivity index (χ4v) is 5.73. The van der Waals surface area contributed by atoms with E-state index in [1.165, 1.54) is 25.5 Å². The van der Waals surface area contributed by atoms with Gasteiger partial charge in [-0.3, -0.25) is 19.7 Å². The molecule has 3 fully saturated rings. The predicted octanol–water partition coefficient (Wildman–Crippen LogP) is 3.25. The van der Waals surface area contributed by atoms with Crippen molar-refractivity contribution in [2.75, 3.05) is 7.11 Å². The minimum Gasteiger partial charge on any atom is -0.496 e. The minimum atomic E-state index is -0.501. The summed E-state index contributed by atoms with van der Waals surface area (Å²) in [5.74, 6) is 1.39. The number of ether oxygens (including phenoxy) is 1. The summed E-state index contributed by atoms with van der Waals surface area (Å²) in [6.07, 6.45) is 6.70. The van der Waals surface area contributed by atoms with Crippen molar-refractivity contribution in [2.45, 2.75) is 6.42 Å². The number of nitro groups is 1. The summed E-state index contributed by atoms with van der Waals surface area (Å²) in [5.41, 5.74) is 0.450. The Morgan fingerprint density at radius 1 is 1.12 bits per heavy atom. The lowest BCUT2D eigenvalue weighted by atomic mass is 9.63. The van der Waals surface area contributed by atoms with Gasteiger partial charge in [0.05, 0.1) is 41.7 Å². The van der Waals surface area contributed by atoms with Crippen molar-refractivity contribution in [1.29, 1.82) is 0 Å². The summed E-state index contributed by atoms with van der Waals surface area (Å²) in [6, 6.07) is 7.56. The maximum Gasteiger partial charge on any atom is 0.273 e. The largest absolute Gasteiger partial charge is 0.496 e. The van der Waals surface area contributed by atoms with Crippen molar-refractivity contribution in [1.82, 2.24) is 5.01 Å². The van der Waals surface area contributed by atoms with E-state index >= 15 is 0 Å². The van der Waals surface area contributed by atoms with Gasteiger partial charge in [0.15, 0.2) is 0 Å². The molecule has 32 heavy (non-hydrogen) atoms. The fraction of sp³-hybridized carbons (Fsp3) is 0.348. The molecule has 1 aliphatic heterocycles. The maximum absolute atomic E-state index is 13.0. The molecule has 1 aromatic carbocycles. The molecule has 162 valence electrons. The fourth-order valence-electron chi connectivity index (χ4n) is 5.73. The highest BCUT2D eigenvalue weighted by molar-refractivity contribution is 6.06. The zero-order chi connectivity index (χ0) is 22.1. The predicted molar refractivity (Wildman–Crippen MR) is 111 cm³/mol. The number of imide groups is 1. The van der Waals surface area contributed by atoms with Crippen molar-refractivity contribution < 1.29 is 23.7 Å². The molecule has 2 amide bonds. The van der Waals surface area contributed by atoms with E-state index in [0.29, 0.717) is 34.7 Å². The third-order valence-electron chi connectivity index (χ3n) is 7.23. The Balaban J connectivity index is 1.24. The molecule has 2 aromatic rings. The second-order valence-electron chi connectivity index (χ2n) is 8.73. The molecule has 0 unspecified atom stereocenters. The van der Waals surface area contributed by atoms with Crippen molar-refractivity contribution in [3.63, 3.8) is 0 Å². The molecule has 2 heterocycles. The van der Waals surface area contributed by atoms with Crippen molar-refractivity contribution >= 4 is 23.7 Å². The highest BCUT2D eigenvalue weighted by Crippen LogP contribution is 2.65. The number of furan rings is 1. The first kappa shape index (κ1) is 19.0.